The molecule has 1 aromatic rings. The number of nitrogens with one attached hydrogen (secondary N) is 1. The van der Waals surface area contributed by atoms with Gasteiger partial charge in [0.15, 0.2) is 0 Å². The Hall–Kier alpha value is -1.25. The van der Waals surface area contributed by atoms with E-state index in [4.69, 9.17) is 5.84 Å². The highest BCUT2D eigenvalue weighted by Gasteiger charge is 2.28. The molecule has 0 aliphatic carbocycles. The van der Waals surface area contributed by atoms with E-state index in [9.17, 15) is 13.2 Å². The summed E-state index contributed by atoms with van der Waals surface area (Å²) in [5.74, 6) is 5.18. The summed E-state index contributed by atoms with van der Waals surface area (Å²) in [5.41, 5.74) is 2.73. The Bertz CT molecular complexity index is 306. The van der Waals surface area contributed by atoms with Crippen LogP contribution in [0.4, 0.5) is 13.2 Å². The molecule has 1 unspecified atom stereocenters. The van der Waals surface area contributed by atoms with Crippen LogP contribution in [0.2, 0.25) is 0 Å². The first-order valence-corrected chi connectivity index (χ1v) is 4.39. The average Bonchev–Trinajstić information content (AvgIpc) is 2.24. The first-order valence-electron chi connectivity index (χ1n) is 4.39. The van der Waals surface area contributed by atoms with Gasteiger partial charge in [-0.25, -0.2) is 5.43 Å². The Morgan fingerprint density at radius 1 is 1.44 bits per heavy atom. The lowest BCUT2D eigenvalue weighted by Gasteiger charge is -2.15. The van der Waals surface area contributed by atoms with Gasteiger partial charge in [0.2, 0.25) is 0 Å². The number of hydrogen-bond acceptors (Lipinski definition) is 5. The molecule has 0 saturated heterocycles. The molecular weight excluding hydrogens is 225 g/mol. The predicted molar refractivity (Wildman–Crippen MR) is 49.0 cm³/mol. The monoisotopic (exact) mass is 236 g/mol. The van der Waals surface area contributed by atoms with Gasteiger partial charge in [0.1, 0.15) is 6.61 Å². The van der Waals surface area contributed by atoms with Crippen molar-refractivity contribution in [3.8, 4) is 0 Å². The Balaban J connectivity index is 2.45. The third-order valence-corrected chi connectivity index (χ3v) is 1.69. The minimum Gasteiger partial charge on any atom is -0.370 e. The van der Waals surface area contributed by atoms with E-state index in [-0.39, 0.29) is 6.61 Å². The molecule has 1 rings (SSSR count). The molecule has 1 aromatic heterocycles. The lowest BCUT2D eigenvalue weighted by molar-refractivity contribution is -0.175. The van der Waals surface area contributed by atoms with Gasteiger partial charge in [-0.2, -0.15) is 13.2 Å². The van der Waals surface area contributed by atoms with Gasteiger partial charge in [0.25, 0.3) is 0 Å². The molecule has 0 aromatic carbocycles. The smallest absolute Gasteiger partial charge is 0.370 e. The van der Waals surface area contributed by atoms with Crippen molar-refractivity contribution in [2.75, 3.05) is 13.2 Å². The van der Waals surface area contributed by atoms with Crippen molar-refractivity contribution in [2.45, 2.75) is 12.2 Å². The lowest BCUT2D eigenvalue weighted by Crippen LogP contribution is -2.33. The molecule has 0 radical (unpaired) electrons. The molecule has 0 spiro atoms. The Morgan fingerprint density at radius 2 is 2.19 bits per heavy atom. The quantitative estimate of drug-likeness (QED) is 0.577. The number of halogens is 3. The van der Waals surface area contributed by atoms with Gasteiger partial charge in [0, 0.05) is 12.4 Å². The highest BCUT2D eigenvalue weighted by Crippen LogP contribution is 2.16. The number of nitrogens with two attached hydrogens (primary N) is 1. The summed E-state index contributed by atoms with van der Waals surface area (Å²) in [7, 11) is 0. The van der Waals surface area contributed by atoms with E-state index in [0.29, 0.717) is 5.69 Å². The van der Waals surface area contributed by atoms with Crippen molar-refractivity contribution in [2.24, 2.45) is 5.84 Å². The number of aromatic nitrogens is 2. The first kappa shape index (κ1) is 12.8. The summed E-state index contributed by atoms with van der Waals surface area (Å²) in [4.78, 5) is 7.67. The minimum absolute atomic E-state index is 0.227. The molecule has 1 heterocycles. The van der Waals surface area contributed by atoms with Gasteiger partial charge >= 0.3 is 6.18 Å². The Kier molecular flexibility index (Phi) is 4.59. The molecule has 0 aliphatic rings. The molecule has 16 heavy (non-hydrogen) atoms. The van der Waals surface area contributed by atoms with E-state index in [1.165, 1.54) is 18.6 Å². The van der Waals surface area contributed by atoms with E-state index >= 15 is 0 Å². The Labute approximate surface area is 89.8 Å². The molecular formula is C8H11F3N4O. The highest BCUT2D eigenvalue weighted by atomic mass is 19.4. The van der Waals surface area contributed by atoms with E-state index in [1.807, 2.05) is 0 Å². The maximum Gasteiger partial charge on any atom is 0.411 e. The molecule has 90 valence electrons. The number of hydrazine groups is 1. The van der Waals surface area contributed by atoms with E-state index < -0.39 is 18.8 Å². The molecule has 0 fully saturated rings. The van der Waals surface area contributed by atoms with Crippen molar-refractivity contribution >= 4 is 0 Å². The average molecular weight is 236 g/mol. The van der Waals surface area contributed by atoms with Gasteiger partial charge < -0.3 is 4.74 Å². The fourth-order valence-electron chi connectivity index (χ4n) is 1.00. The fourth-order valence-corrected chi connectivity index (χ4v) is 1.00. The van der Waals surface area contributed by atoms with Crippen LogP contribution < -0.4 is 11.3 Å². The summed E-state index contributed by atoms with van der Waals surface area (Å²) in [6.07, 6.45) is -0.0694. The maximum absolute atomic E-state index is 11.8. The SMILES string of the molecule is NNC(COCC(F)(F)F)c1cnccn1. The molecule has 0 bridgehead atoms. The third kappa shape index (κ3) is 4.51. The van der Waals surface area contributed by atoms with E-state index in [1.54, 1.807) is 0 Å². The molecule has 1 atom stereocenters. The van der Waals surface area contributed by atoms with E-state index in [0.717, 1.165) is 0 Å². The minimum atomic E-state index is -4.35. The molecule has 0 saturated carbocycles. The number of rotatable bonds is 5. The van der Waals surface area contributed by atoms with Gasteiger partial charge in [-0.05, 0) is 0 Å². The van der Waals surface area contributed by atoms with Crippen molar-refractivity contribution in [1.82, 2.24) is 15.4 Å². The summed E-state index contributed by atoms with van der Waals surface area (Å²) in [5, 5.41) is 0. The van der Waals surface area contributed by atoms with Crippen molar-refractivity contribution in [3.05, 3.63) is 24.3 Å². The normalized spacial score (nSPS) is 13.8. The van der Waals surface area contributed by atoms with Crippen LogP contribution in [0.15, 0.2) is 18.6 Å². The standard InChI is InChI=1S/C8H11F3N4O/c9-8(10,11)5-16-4-7(15-12)6-3-13-1-2-14-6/h1-3,7,15H,4-5,12H2. The zero-order chi connectivity index (χ0) is 12.0. The number of hydrogen-bond donors (Lipinski definition) is 2. The zero-order valence-corrected chi connectivity index (χ0v) is 8.24. The molecule has 5 nitrogen and oxygen atoms in total. The second-order valence-electron chi connectivity index (χ2n) is 2.98. The Morgan fingerprint density at radius 3 is 2.69 bits per heavy atom. The second kappa shape index (κ2) is 5.73. The molecule has 0 aliphatic heterocycles. The van der Waals surface area contributed by atoms with Crippen molar-refractivity contribution in [3.63, 3.8) is 0 Å². The topological polar surface area (TPSA) is 73.1 Å². The number of ether oxygens (including phenoxy) is 1. The van der Waals surface area contributed by atoms with E-state index in [2.05, 4.69) is 20.1 Å². The van der Waals surface area contributed by atoms with Gasteiger partial charge in [-0.1, -0.05) is 0 Å². The fraction of sp³-hybridized carbons (Fsp3) is 0.500. The van der Waals surface area contributed by atoms with Crippen LogP contribution in [0.25, 0.3) is 0 Å². The maximum atomic E-state index is 11.8. The van der Waals surface area contributed by atoms with Gasteiger partial charge in [0.05, 0.1) is 24.5 Å². The van der Waals surface area contributed by atoms with Crippen molar-refractivity contribution < 1.29 is 17.9 Å². The van der Waals surface area contributed by atoms with Crippen LogP contribution in [-0.2, 0) is 4.74 Å². The summed E-state index contributed by atoms with van der Waals surface area (Å²) < 4.78 is 39.9. The van der Waals surface area contributed by atoms with Crippen LogP contribution in [0.1, 0.15) is 11.7 Å². The predicted octanol–water partition coefficient (Wildman–Crippen LogP) is 0.560. The largest absolute Gasteiger partial charge is 0.411 e. The molecule has 8 heteroatoms. The van der Waals surface area contributed by atoms with Crippen LogP contribution in [0.3, 0.4) is 0 Å². The molecule has 3 N–H and O–H groups in total. The summed E-state index contributed by atoms with van der Waals surface area (Å²) >= 11 is 0. The summed E-state index contributed by atoms with van der Waals surface area (Å²) in [6.45, 7) is -1.54. The van der Waals surface area contributed by atoms with Crippen LogP contribution in [-0.4, -0.2) is 29.4 Å². The zero-order valence-electron chi connectivity index (χ0n) is 8.24. The second-order valence-corrected chi connectivity index (χ2v) is 2.98. The van der Waals surface area contributed by atoms with Crippen LogP contribution in [0, 0.1) is 0 Å². The summed E-state index contributed by atoms with van der Waals surface area (Å²) in [6, 6.07) is -0.615. The lowest BCUT2D eigenvalue weighted by atomic mass is 10.2. The first-order chi connectivity index (χ1) is 7.53. The number of alkyl halides is 3. The molecule has 0 amide bonds. The van der Waals surface area contributed by atoms with Gasteiger partial charge in [-0.3, -0.25) is 15.8 Å². The number of nitrogens with zero attached hydrogens (tertiary/aromatic N) is 2. The van der Waals surface area contributed by atoms with Gasteiger partial charge in [-0.15, -0.1) is 0 Å². The third-order valence-electron chi connectivity index (χ3n) is 1.69. The highest BCUT2D eigenvalue weighted by molar-refractivity contribution is 5.01. The van der Waals surface area contributed by atoms with Crippen LogP contribution >= 0.6 is 0 Å². The van der Waals surface area contributed by atoms with Crippen molar-refractivity contribution in [1.29, 1.82) is 0 Å². The van der Waals surface area contributed by atoms with Crippen LogP contribution in [0.5, 0.6) is 0 Å².